The molecule has 0 spiro atoms. The van der Waals surface area contributed by atoms with Gasteiger partial charge in [0.25, 0.3) is 0 Å². The van der Waals surface area contributed by atoms with Crippen LogP contribution in [0, 0.1) is 12.8 Å². The predicted molar refractivity (Wildman–Crippen MR) is 76.9 cm³/mol. The van der Waals surface area contributed by atoms with Gasteiger partial charge in [0.05, 0.1) is 5.54 Å². The molecular weight excluding hydrogens is 236 g/mol. The summed E-state index contributed by atoms with van der Waals surface area (Å²) in [4.78, 5) is 4.67. The molecule has 1 heterocycles. The minimum atomic E-state index is -0.364. The largest absolute Gasteiger partial charge is 0.439 e. The Hall–Kier alpha value is -1.35. The Labute approximate surface area is 114 Å². The van der Waals surface area contributed by atoms with E-state index in [1.807, 2.05) is 12.1 Å². The predicted octanol–water partition coefficient (Wildman–Crippen LogP) is 3.89. The van der Waals surface area contributed by atoms with Crippen LogP contribution < -0.4 is 5.73 Å². The van der Waals surface area contributed by atoms with Crippen molar-refractivity contribution in [3.8, 4) is 0 Å². The van der Waals surface area contributed by atoms with E-state index in [2.05, 4.69) is 24.9 Å². The number of benzene rings is 1. The summed E-state index contributed by atoms with van der Waals surface area (Å²) in [6, 6.07) is 6.04. The van der Waals surface area contributed by atoms with Crippen LogP contribution in [0.5, 0.6) is 0 Å². The maximum Gasteiger partial charge on any atom is 0.215 e. The van der Waals surface area contributed by atoms with Crippen molar-refractivity contribution in [3.63, 3.8) is 0 Å². The highest BCUT2D eigenvalue weighted by atomic mass is 16.4. The van der Waals surface area contributed by atoms with Gasteiger partial charge in [0.15, 0.2) is 5.58 Å². The molecule has 0 bridgehead atoms. The van der Waals surface area contributed by atoms with Gasteiger partial charge in [-0.3, -0.25) is 0 Å². The maximum absolute atomic E-state index is 6.55. The molecule has 2 aromatic rings. The number of aromatic nitrogens is 1. The summed E-state index contributed by atoms with van der Waals surface area (Å²) >= 11 is 0. The number of aryl methyl sites for hydroxylation is 1. The van der Waals surface area contributed by atoms with Gasteiger partial charge in [-0.25, -0.2) is 4.98 Å². The molecule has 1 aliphatic rings. The SMILES string of the molecule is CCC1CCC(N)(c2nc3c(C)cccc3o2)CC1. The van der Waals surface area contributed by atoms with Gasteiger partial charge in [0.2, 0.25) is 5.89 Å². The Morgan fingerprint density at radius 2 is 2.11 bits per heavy atom. The monoisotopic (exact) mass is 258 g/mol. The first-order valence-corrected chi connectivity index (χ1v) is 7.28. The lowest BCUT2D eigenvalue weighted by atomic mass is 9.76. The Bertz CT molecular complexity index is 579. The summed E-state index contributed by atoms with van der Waals surface area (Å²) < 4.78 is 5.92. The summed E-state index contributed by atoms with van der Waals surface area (Å²) in [5, 5.41) is 0. The third-order valence-electron chi connectivity index (χ3n) is 4.62. The second-order valence-corrected chi connectivity index (χ2v) is 5.95. The van der Waals surface area contributed by atoms with Crippen molar-refractivity contribution < 1.29 is 4.42 Å². The lowest BCUT2D eigenvalue weighted by Crippen LogP contribution is -2.40. The van der Waals surface area contributed by atoms with Crippen molar-refractivity contribution in [3.05, 3.63) is 29.7 Å². The first-order valence-electron chi connectivity index (χ1n) is 7.28. The number of hydrogen-bond donors (Lipinski definition) is 1. The molecule has 0 amide bonds. The Kier molecular flexibility index (Phi) is 3.09. The van der Waals surface area contributed by atoms with Gasteiger partial charge in [-0.1, -0.05) is 25.5 Å². The molecule has 3 nitrogen and oxygen atoms in total. The first-order chi connectivity index (χ1) is 9.12. The summed E-state index contributed by atoms with van der Waals surface area (Å²) in [5.41, 5.74) is 9.16. The van der Waals surface area contributed by atoms with Crippen molar-refractivity contribution in [2.24, 2.45) is 11.7 Å². The zero-order valence-electron chi connectivity index (χ0n) is 11.8. The van der Waals surface area contributed by atoms with Crippen LogP contribution in [-0.4, -0.2) is 4.98 Å². The van der Waals surface area contributed by atoms with Crippen LogP contribution >= 0.6 is 0 Å². The van der Waals surface area contributed by atoms with E-state index in [-0.39, 0.29) is 5.54 Å². The fourth-order valence-electron chi connectivity index (χ4n) is 3.11. The van der Waals surface area contributed by atoms with E-state index in [0.29, 0.717) is 0 Å². The summed E-state index contributed by atoms with van der Waals surface area (Å²) in [6.45, 7) is 4.32. The number of fused-ring (bicyclic) bond motifs is 1. The lowest BCUT2D eigenvalue weighted by molar-refractivity contribution is 0.198. The highest BCUT2D eigenvalue weighted by molar-refractivity contribution is 5.76. The second kappa shape index (κ2) is 4.64. The molecular formula is C16H22N2O. The average Bonchev–Trinajstić information content (AvgIpc) is 2.86. The molecule has 0 saturated heterocycles. The minimum Gasteiger partial charge on any atom is -0.439 e. The number of nitrogens with two attached hydrogens (primary N) is 1. The van der Waals surface area contributed by atoms with Crippen LogP contribution in [0.25, 0.3) is 11.1 Å². The highest BCUT2D eigenvalue weighted by Gasteiger charge is 2.37. The van der Waals surface area contributed by atoms with Gasteiger partial charge in [-0.2, -0.15) is 0 Å². The Morgan fingerprint density at radius 1 is 1.37 bits per heavy atom. The van der Waals surface area contributed by atoms with Crippen LogP contribution in [0.4, 0.5) is 0 Å². The fraction of sp³-hybridized carbons (Fsp3) is 0.562. The van der Waals surface area contributed by atoms with Gasteiger partial charge < -0.3 is 10.2 Å². The molecule has 0 unspecified atom stereocenters. The summed E-state index contributed by atoms with van der Waals surface area (Å²) in [5.74, 6) is 1.55. The second-order valence-electron chi connectivity index (χ2n) is 5.95. The Balaban J connectivity index is 1.93. The van der Waals surface area contributed by atoms with Crippen molar-refractivity contribution >= 4 is 11.1 Å². The van der Waals surface area contributed by atoms with E-state index in [1.165, 1.54) is 19.3 Å². The molecule has 102 valence electrons. The van der Waals surface area contributed by atoms with E-state index in [4.69, 9.17) is 10.2 Å². The van der Waals surface area contributed by atoms with E-state index in [0.717, 1.165) is 41.3 Å². The van der Waals surface area contributed by atoms with Crippen LogP contribution in [0.1, 0.15) is 50.5 Å². The standard InChI is InChI=1S/C16H22N2O/c1-3-12-7-9-16(17,10-8-12)15-18-14-11(2)5-4-6-13(14)19-15/h4-6,12H,3,7-10,17H2,1-2H3. The van der Waals surface area contributed by atoms with Gasteiger partial charge in [0, 0.05) is 0 Å². The zero-order chi connectivity index (χ0) is 13.5. The van der Waals surface area contributed by atoms with Gasteiger partial charge >= 0.3 is 0 Å². The molecule has 0 aliphatic heterocycles. The number of nitrogens with zero attached hydrogens (tertiary/aromatic N) is 1. The van der Waals surface area contributed by atoms with Crippen molar-refractivity contribution in [1.82, 2.24) is 4.98 Å². The van der Waals surface area contributed by atoms with Crippen molar-refractivity contribution in [2.75, 3.05) is 0 Å². The number of oxazole rings is 1. The molecule has 0 atom stereocenters. The Morgan fingerprint density at radius 3 is 2.74 bits per heavy atom. The maximum atomic E-state index is 6.55. The molecule has 1 aliphatic carbocycles. The third-order valence-corrected chi connectivity index (χ3v) is 4.62. The molecule has 1 aromatic heterocycles. The smallest absolute Gasteiger partial charge is 0.215 e. The van der Waals surface area contributed by atoms with Gasteiger partial charge in [-0.15, -0.1) is 0 Å². The van der Waals surface area contributed by atoms with Crippen LogP contribution in [-0.2, 0) is 5.54 Å². The van der Waals surface area contributed by atoms with E-state index in [9.17, 15) is 0 Å². The quantitative estimate of drug-likeness (QED) is 0.889. The molecule has 1 fully saturated rings. The summed E-state index contributed by atoms with van der Waals surface area (Å²) in [7, 11) is 0. The highest BCUT2D eigenvalue weighted by Crippen LogP contribution is 2.39. The minimum absolute atomic E-state index is 0.364. The first kappa shape index (κ1) is 12.7. The number of para-hydroxylation sites is 1. The molecule has 3 rings (SSSR count). The third kappa shape index (κ3) is 2.16. The van der Waals surface area contributed by atoms with Gasteiger partial charge in [0.1, 0.15) is 5.52 Å². The van der Waals surface area contributed by atoms with Gasteiger partial charge in [-0.05, 0) is 50.2 Å². The number of hydrogen-bond acceptors (Lipinski definition) is 3. The normalized spacial score (nSPS) is 27.8. The number of rotatable bonds is 2. The van der Waals surface area contributed by atoms with Crippen LogP contribution in [0.2, 0.25) is 0 Å². The van der Waals surface area contributed by atoms with Crippen molar-refractivity contribution in [2.45, 2.75) is 51.5 Å². The summed E-state index contributed by atoms with van der Waals surface area (Å²) in [6.07, 6.45) is 5.59. The van der Waals surface area contributed by atoms with Crippen LogP contribution in [0.15, 0.2) is 22.6 Å². The van der Waals surface area contributed by atoms with E-state index >= 15 is 0 Å². The van der Waals surface area contributed by atoms with Crippen LogP contribution in [0.3, 0.4) is 0 Å². The fourth-order valence-corrected chi connectivity index (χ4v) is 3.11. The molecule has 3 heteroatoms. The lowest BCUT2D eigenvalue weighted by Gasteiger charge is -2.34. The molecule has 0 radical (unpaired) electrons. The molecule has 19 heavy (non-hydrogen) atoms. The van der Waals surface area contributed by atoms with E-state index < -0.39 is 0 Å². The molecule has 1 saturated carbocycles. The van der Waals surface area contributed by atoms with E-state index in [1.54, 1.807) is 0 Å². The molecule has 1 aromatic carbocycles. The molecule has 2 N–H and O–H groups in total. The topological polar surface area (TPSA) is 52.0 Å². The average molecular weight is 258 g/mol. The zero-order valence-corrected chi connectivity index (χ0v) is 11.8. The van der Waals surface area contributed by atoms with Crippen molar-refractivity contribution in [1.29, 1.82) is 0 Å².